The van der Waals surface area contributed by atoms with Crippen LogP contribution in [0.1, 0.15) is 58.3 Å². The number of hydrogen-bond donors (Lipinski definition) is 1. The number of likely N-dealkylation sites (N-methyl/N-ethyl adjacent to an activating group) is 1. The molecule has 0 heterocycles. The number of rotatable bonds is 15. The largest absolute Gasteiger partial charge is 0.383 e. The van der Waals surface area contributed by atoms with E-state index in [-0.39, 0.29) is 0 Å². The molecule has 0 fully saturated rings. The van der Waals surface area contributed by atoms with Crippen molar-refractivity contribution in [2.24, 2.45) is 0 Å². The second kappa shape index (κ2) is 15.9. The first-order chi connectivity index (χ1) is 9.31. The summed E-state index contributed by atoms with van der Waals surface area (Å²) in [5.41, 5.74) is 0. The summed E-state index contributed by atoms with van der Waals surface area (Å²) >= 11 is 0. The van der Waals surface area contributed by atoms with Gasteiger partial charge in [0.2, 0.25) is 0 Å². The molecule has 0 rings (SSSR count). The van der Waals surface area contributed by atoms with Gasteiger partial charge in [-0.15, -0.1) is 0 Å². The summed E-state index contributed by atoms with van der Waals surface area (Å²) in [6.45, 7) is 7.51. The minimum absolute atomic E-state index is 0.828. The van der Waals surface area contributed by atoms with Crippen molar-refractivity contribution in [1.29, 1.82) is 0 Å². The van der Waals surface area contributed by atoms with Crippen LogP contribution < -0.4 is 5.32 Å². The van der Waals surface area contributed by atoms with Gasteiger partial charge in [-0.1, -0.05) is 51.9 Å². The Morgan fingerprint density at radius 2 is 1.47 bits per heavy atom. The molecule has 1 N–H and O–H groups in total. The highest BCUT2D eigenvalue weighted by atomic mass is 16.5. The Bertz CT molecular complexity index is 165. The lowest BCUT2D eigenvalue weighted by Gasteiger charge is -2.16. The van der Waals surface area contributed by atoms with Gasteiger partial charge in [0.25, 0.3) is 0 Å². The van der Waals surface area contributed by atoms with Crippen molar-refractivity contribution in [2.75, 3.05) is 46.9 Å². The summed E-state index contributed by atoms with van der Waals surface area (Å²) in [4.78, 5) is 2.31. The Labute approximate surface area is 121 Å². The second-order valence-electron chi connectivity index (χ2n) is 5.52. The topological polar surface area (TPSA) is 24.5 Å². The summed E-state index contributed by atoms with van der Waals surface area (Å²) in [7, 11) is 3.91. The molecule has 0 radical (unpaired) electrons. The summed E-state index contributed by atoms with van der Waals surface area (Å²) in [6.07, 6.45) is 11.2. The molecule has 0 aromatic carbocycles. The first-order valence-corrected chi connectivity index (χ1v) is 8.19. The molecular formula is C16H36N2O. The van der Waals surface area contributed by atoms with E-state index in [0.29, 0.717) is 0 Å². The van der Waals surface area contributed by atoms with Gasteiger partial charge in [0.05, 0.1) is 6.61 Å². The number of methoxy groups -OCH3 is 1. The molecule has 0 aliphatic rings. The van der Waals surface area contributed by atoms with E-state index in [1.54, 1.807) is 7.11 Å². The zero-order valence-electron chi connectivity index (χ0n) is 13.5. The van der Waals surface area contributed by atoms with Gasteiger partial charge >= 0.3 is 0 Å². The van der Waals surface area contributed by atoms with Crippen LogP contribution in [0.15, 0.2) is 0 Å². The average Bonchev–Trinajstić information content (AvgIpc) is 2.42. The number of nitrogens with zero attached hydrogens (tertiary/aromatic N) is 1. The first kappa shape index (κ1) is 18.9. The summed E-state index contributed by atoms with van der Waals surface area (Å²) < 4.78 is 5.06. The second-order valence-corrected chi connectivity index (χ2v) is 5.52. The fraction of sp³-hybridized carbons (Fsp3) is 1.00. The molecule has 0 saturated heterocycles. The molecule has 0 saturated carbocycles. The maximum Gasteiger partial charge on any atom is 0.0589 e. The standard InChI is InChI=1S/C16H36N2O/c1-4-5-6-7-8-9-10-11-12-17-13-14-18(2)15-16-19-3/h17H,4-16H2,1-3H3. The molecule has 0 unspecified atom stereocenters. The van der Waals surface area contributed by atoms with Crippen molar-refractivity contribution in [3.63, 3.8) is 0 Å². The van der Waals surface area contributed by atoms with Gasteiger partial charge in [-0.2, -0.15) is 0 Å². The molecule has 0 amide bonds. The maximum absolute atomic E-state index is 5.06. The van der Waals surface area contributed by atoms with Crippen LogP contribution >= 0.6 is 0 Å². The van der Waals surface area contributed by atoms with E-state index < -0.39 is 0 Å². The van der Waals surface area contributed by atoms with Crippen molar-refractivity contribution in [3.8, 4) is 0 Å². The van der Waals surface area contributed by atoms with Crippen molar-refractivity contribution in [3.05, 3.63) is 0 Å². The lowest BCUT2D eigenvalue weighted by Crippen LogP contribution is -2.31. The third-order valence-electron chi connectivity index (χ3n) is 3.55. The number of unbranched alkanes of at least 4 members (excludes halogenated alkanes) is 7. The molecular weight excluding hydrogens is 236 g/mol. The van der Waals surface area contributed by atoms with E-state index in [2.05, 4.69) is 24.2 Å². The number of nitrogens with one attached hydrogen (secondary N) is 1. The van der Waals surface area contributed by atoms with Crippen LogP contribution in [0.4, 0.5) is 0 Å². The molecule has 0 aliphatic heterocycles. The van der Waals surface area contributed by atoms with Crippen LogP contribution in [0.5, 0.6) is 0 Å². The molecule has 3 heteroatoms. The molecule has 3 nitrogen and oxygen atoms in total. The van der Waals surface area contributed by atoms with Gasteiger partial charge in [-0.25, -0.2) is 0 Å². The van der Waals surface area contributed by atoms with Crippen molar-refractivity contribution >= 4 is 0 Å². The van der Waals surface area contributed by atoms with Crippen LogP contribution in [0, 0.1) is 0 Å². The van der Waals surface area contributed by atoms with Crippen LogP contribution in [0.2, 0.25) is 0 Å². The molecule has 0 aromatic heterocycles. The Hall–Kier alpha value is -0.120. The molecule has 0 atom stereocenters. The van der Waals surface area contributed by atoms with Gasteiger partial charge in [0.1, 0.15) is 0 Å². The first-order valence-electron chi connectivity index (χ1n) is 8.19. The molecule has 0 spiro atoms. The molecule has 116 valence electrons. The zero-order valence-corrected chi connectivity index (χ0v) is 13.5. The maximum atomic E-state index is 5.06. The Morgan fingerprint density at radius 3 is 2.11 bits per heavy atom. The highest BCUT2D eigenvalue weighted by Crippen LogP contribution is 2.07. The Balaban J connectivity index is 3.02. The van der Waals surface area contributed by atoms with E-state index in [1.165, 1.54) is 57.9 Å². The highest BCUT2D eigenvalue weighted by Gasteiger charge is 1.96. The Morgan fingerprint density at radius 1 is 0.842 bits per heavy atom. The quantitative estimate of drug-likeness (QED) is 0.463. The van der Waals surface area contributed by atoms with Gasteiger partial charge < -0.3 is 15.0 Å². The molecule has 0 bridgehead atoms. The molecule has 0 aliphatic carbocycles. The van der Waals surface area contributed by atoms with E-state index in [4.69, 9.17) is 4.74 Å². The van der Waals surface area contributed by atoms with Gasteiger partial charge in [-0.05, 0) is 20.0 Å². The Kier molecular flexibility index (Phi) is 15.8. The summed E-state index contributed by atoms with van der Waals surface area (Å²) in [6, 6.07) is 0. The zero-order chi connectivity index (χ0) is 14.2. The van der Waals surface area contributed by atoms with E-state index in [1.807, 2.05) is 0 Å². The highest BCUT2D eigenvalue weighted by molar-refractivity contribution is 4.55. The minimum Gasteiger partial charge on any atom is -0.383 e. The fourth-order valence-corrected chi connectivity index (χ4v) is 2.14. The van der Waals surface area contributed by atoms with E-state index in [9.17, 15) is 0 Å². The number of hydrogen-bond acceptors (Lipinski definition) is 3. The number of ether oxygens (including phenoxy) is 1. The predicted molar refractivity (Wildman–Crippen MR) is 84.9 cm³/mol. The van der Waals surface area contributed by atoms with Crippen LogP contribution in [-0.2, 0) is 4.74 Å². The normalized spacial score (nSPS) is 11.4. The van der Waals surface area contributed by atoms with Gasteiger partial charge in [0, 0.05) is 26.7 Å². The third-order valence-corrected chi connectivity index (χ3v) is 3.55. The average molecular weight is 272 g/mol. The molecule has 19 heavy (non-hydrogen) atoms. The minimum atomic E-state index is 0.828. The van der Waals surface area contributed by atoms with Crippen LogP contribution in [0.3, 0.4) is 0 Å². The lowest BCUT2D eigenvalue weighted by molar-refractivity contribution is 0.161. The third kappa shape index (κ3) is 15.8. The van der Waals surface area contributed by atoms with Crippen molar-refractivity contribution < 1.29 is 4.74 Å². The van der Waals surface area contributed by atoms with Crippen molar-refractivity contribution in [1.82, 2.24) is 10.2 Å². The monoisotopic (exact) mass is 272 g/mol. The lowest BCUT2D eigenvalue weighted by atomic mass is 10.1. The van der Waals surface area contributed by atoms with Gasteiger partial charge in [-0.3, -0.25) is 0 Å². The smallest absolute Gasteiger partial charge is 0.0589 e. The van der Waals surface area contributed by atoms with E-state index in [0.717, 1.165) is 26.2 Å². The SMILES string of the molecule is CCCCCCCCCCNCCN(C)CCOC. The van der Waals surface area contributed by atoms with Crippen LogP contribution in [0.25, 0.3) is 0 Å². The van der Waals surface area contributed by atoms with Gasteiger partial charge in [0.15, 0.2) is 0 Å². The van der Waals surface area contributed by atoms with Crippen LogP contribution in [-0.4, -0.2) is 51.8 Å². The predicted octanol–water partition coefficient (Wildman–Crippen LogP) is 3.29. The van der Waals surface area contributed by atoms with E-state index >= 15 is 0 Å². The summed E-state index contributed by atoms with van der Waals surface area (Å²) in [5, 5.41) is 3.52. The summed E-state index contributed by atoms with van der Waals surface area (Å²) in [5.74, 6) is 0. The fourth-order valence-electron chi connectivity index (χ4n) is 2.14. The van der Waals surface area contributed by atoms with Crippen molar-refractivity contribution in [2.45, 2.75) is 58.3 Å². The molecule has 0 aromatic rings.